The highest BCUT2D eigenvalue weighted by atomic mass is 79.9. The van der Waals surface area contributed by atoms with Crippen molar-refractivity contribution < 1.29 is 26.4 Å². The van der Waals surface area contributed by atoms with Gasteiger partial charge in [0.25, 0.3) is 5.89 Å². The zero-order chi connectivity index (χ0) is 18.7. The third-order valence-electron chi connectivity index (χ3n) is 3.23. The number of hydrogen-bond acceptors (Lipinski definition) is 7. The summed E-state index contributed by atoms with van der Waals surface area (Å²) in [6.07, 6.45) is -0.330. The number of halogens is 2. The molecule has 0 fully saturated rings. The number of rotatable bonds is 6. The lowest BCUT2D eigenvalue weighted by atomic mass is 10.4. The molecule has 1 amide bonds. The average molecular weight is 444 g/mol. The van der Waals surface area contributed by atoms with Crippen LogP contribution in [-0.2, 0) is 14.6 Å². The predicted molar refractivity (Wildman–Crippen MR) is 91.4 cm³/mol. The third-order valence-corrected chi connectivity index (χ3v) is 5.38. The van der Waals surface area contributed by atoms with E-state index in [0.29, 0.717) is 10.4 Å². The molecule has 136 valence electrons. The van der Waals surface area contributed by atoms with Gasteiger partial charge in [0.05, 0.1) is 10.6 Å². The lowest BCUT2D eigenvalue weighted by Crippen LogP contribution is -2.17. The Balaban J connectivity index is 1.59. The van der Waals surface area contributed by atoms with E-state index in [1.54, 1.807) is 12.1 Å². The molecule has 8 nitrogen and oxygen atoms in total. The number of anilines is 1. The van der Waals surface area contributed by atoms with Gasteiger partial charge in [0, 0.05) is 6.42 Å². The number of amides is 1. The van der Waals surface area contributed by atoms with Crippen molar-refractivity contribution in [1.82, 2.24) is 10.2 Å². The zero-order valence-corrected chi connectivity index (χ0v) is 15.4. The Bertz CT molecular complexity index is 1030. The third kappa shape index (κ3) is 4.35. The largest absolute Gasteiger partial charge is 0.444 e. The summed E-state index contributed by atoms with van der Waals surface area (Å²) in [5.41, 5.74) is 0. The van der Waals surface area contributed by atoms with E-state index < -0.39 is 27.3 Å². The van der Waals surface area contributed by atoms with Crippen LogP contribution in [0.1, 0.15) is 6.42 Å². The van der Waals surface area contributed by atoms with Gasteiger partial charge in [-0.15, -0.1) is 5.10 Å². The molecule has 0 aliphatic heterocycles. The Kier molecular flexibility index (Phi) is 5.18. The van der Waals surface area contributed by atoms with Gasteiger partial charge in [-0.05, 0) is 52.3 Å². The second-order valence-electron chi connectivity index (χ2n) is 5.09. The molecule has 0 radical (unpaired) electrons. The number of hydrogen-bond donors (Lipinski definition) is 1. The van der Waals surface area contributed by atoms with Crippen LogP contribution < -0.4 is 5.32 Å². The van der Waals surface area contributed by atoms with Gasteiger partial charge in [0.2, 0.25) is 5.91 Å². The molecule has 1 N–H and O–H groups in total. The minimum Gasteiger partial charge on any atom is -0.444 e. The Morgan fingerprint density at radius 2 is 1.85 bits per heavy atom. The summed E-state index contributed by atoms with van der Waals surface area (Å²) in [6.45, 7) is 0. The Morgan fingerprint density at radius 1 is 1.12 bits per heavy atom. The molecule has 0 aliphatic rings. The molecule has 3 rings (SSSR count). The van der Waals surface area contributed by atoms with Crippen molar-refractivity contribution in [2.24, 2.45) is 0 Å². The second-order valence-corrected chi connectivity index (χ2v) is 7.98. The molecule has 0 saturated carbocycles. The van der Waals surface area contributed by atoms with Crippen molar-refractivity contribution in [1.29, 1.82) is 0 Å². The fourth-order valence-corrected chi connectivity index (χ4v) is 3.52. The number of sulfone groups is 1. The standard InChI is InChI=1S/C15H11BrFN3O5S/c16-12-6-5-11(24-12)14-19-20-15(25-14)18-13(21)7-8-26(22,23)10-3-1-9(17)2-4-10/h1-6H,7-8H2,(H,18,20,21). The first-order valence-corrected chi connectivity index (χ1v) is 9.65. The van der Waals surface area contributed by atoms with Crippen LogP contribution in [0.5, 0.6) is 0 Å². The summed E-state index contributed by atoms with van der Waals surface area (Å²) in [6, 6.07) is 7.43. The van der Waals surface area contributed by atoms with E-state index in [2.05, 4.69) is 31.4 Å². The maximum Gasteiger partial charge on any atom is 0.322 e. The van der Waals surface area contributed by atoms with Gasteiger partial charge in [-0.1, -0.05) is 5.10 Å². The average Bonchev–Trinajstić information content (AvgIpc) is 3.22. The van der Waals surface area contributed by atoms with Gasteiger partial charge in [0.1, 0.15) is 5.82 Å². The van der Waals surface area contributed by atoms with Gasteiger partial charge in [-0.25, -0.2) is 12.8 Å². The number of carbonyl (C=O) groups excluding carboxylic acids is 1. The molecule has 0 unspecified atom stereocenters. The second kappa shape index (κ2) is 7.38. The fourth-order valence-electron chi connectivity index (χ4n) is 1.97. The molecule has 26 heavy (non-hydrogen) atoms. The van der Waals surface area contributed by atoms with Crippen LogP contribution in [0.25, 0.3) is 11.7 Å². The highest BCUT2D eigenvalue weighted by molar-refractivity contribution is 9.10. The molecule has 1 aromatic carbocycles. The van der Waals surface area contributed by atoms with Crippen molar-refractivity contribution in [3.8, 4) is 11.7 Å². The molecule has 2 heterocycles. The molecular weight excluding hydrogens is 433 g/mol. The number of nitrogens with zero attached hydrogens (tertiary/aromatic N) is 2. The highest BCUT2D eigenvalue weighted by Crippen LogP contribution is 2.25. The summed E-state index contributed by atoms with van der Waals surface area (Å²) in [7, 11) is -3.71. The quantitative estimate of drug-likeness (QED) is 0.581. The molecular formula is C15H11BrFN3O5S. The van der Waals surface area contributed by atoms with Gasteiger partial charge in [-0.3, -0.25) is 10.1 Å². The Labute approximate surface area is 155 Å². The van der Waals surface area contributed by atoms with Crippen LogP contribution in [0.3, 0.4) is 0 Å². The van der Waals surface area contributed by atoms with Crippen LogP contribution in [0, 0.1) is 5.82 Å². The minimum absolute atomic E-state index is 0.0600. The van der Waals surface area contributed by atoms with Crippen molar-refractivity contribution in [2.45, 2.75) is 11.3 Å². The summed E-state index contributed by atoms with van der Waals surface area (Å²) in [4.78, 5) is 11.8. The number of benzene rings is 1. The van der Waals surface area contributed by atoms with Crippen LogP contribution in [0.4, 0.5) is 10.4 Å². The normalized spacial score (nSPS) is 11.5. The topological polar surface area (TPSA) is 115 Å². The maximum absolute atomic E-state index is 12.9. The summed E-state index contributed by atoms with van der Waals surface area (Å²) >= 11 is 3.13. The lowest BCUT2D eigenvalue weighted by Gasteiger charge is -2.04. The van der Waals surface area contributed by atoms with Gasteiger partial charge in [-0.2, -0.15) is 0 Å². The zero-order valence-electron chi connectivity index (χ0n) is 13.0. The molecule has 2 aromatic heterocycles. The smallest absolute Gasteiger partial charge is 0.322 e. The molecule has 3 aromatic rings. The van der Waals surface area contributed by atoms with E-state index in [-0.39, 0.29) is 23.2 Å². The molecule has 0 spiro atoms. The number of carbonyl (C=O) groups is 1. The van der Waals surface area contributed by atoms with Gasteiger partial charge >= 0.3 is 6.01 Å². The molecule has 11 heteroatoms. The van der Waals surface area contributed by atoms with Gasteiger partial charge in [0.15, 0.2) is 20.3 Å². The number of nitrogens with one attached hydrogen (secondary N) is 1. The maximum atomic E-state index is 12.9. The summed E-state index contributed by atoms with van der Waals surface area (Å²) in [5, 5.41) is 9.67. The van der Waals surface area contributed by atoms with Gasteiger partial charge < -0.3 is 8.83 Å². The van der Waals surface area contributed by atoms with Crippen molar-refractivity contribution >= 4 is 37.7 Å². The minimum atomic E-state index is -3.71. The lowest BCUT2D eigenvalue weighted by molar-refractivity contribution is -0.115. The SMILES string of the molecule is O=C(CCS(=O)(=O)c1ccc(F)cc1)Nc1nnc(-c2ccc(Br)o2)o1. The van der Waals surface area contributed by atoms with E-state index in [0.717, 1.165) is 24.3 Å². The first kappa shape index (κ1) is 18.3. The van der Waals surface area contributed by atoms with E-state index >= 15 is 0 Å². The molecule has 0 saturated heterocycles. The summed E-state index contributed by atoms with van der Waals surface area (Å²) < 4.78 is 48.0. The van der Waals surface area contributed by atoms with E-state index in [9.17, 15) is 17.6 Å². The Morgan fingerprint density at radius 3 is 2.50 bits per heavy atom. The first-order valence-electron chi connectivity index (χ1n) is 7.21. The molecule has 0 atom stereocenters. The van der Waals surface area contributed by atoms with Crippen LogP contribution in [-0.4, -0.2) is 30.3 Å². The molecule has 0 bridgehead atoms. The van der Waals surface area contributed by atoms with Crippen LogP contribution in [0.15, 0.2) is 54.8 Å². The monoisotopic (exact) mass is 443 g/mol. The highest BCUT2D eigenvalue weighted by Gasteiger charge is 2.18. The Hall–Kier alpha value is -2.53. The summed E-state index contributed by atoms with van der Waals surface area (Å²) in [5.74, 6) is -1.24. The number of furan rings is 1. The first-order chi connectivity index (χ1) is 12.3. The van der Waals surface area contributed by atoms with E-state index in [1.807, 2.05) is 0 Å². The van der Waals surface area contributed by atoms with E-state index in [1.165, 1.54) is 0 Å². The van der Waals surface area contributed by atoms with Crippen LogP contribution >= 0.6 is 15.9 Å². The van der Waals surface area contributed by atoms with Crippen molar-refractivity contribution in [2.75, 3.05) is 11.1 Å². The fraction of sp³-hybridized carbons (Fsp3) is 0.133. The van der Waals surface area contributed by atoms with E-state index in [4.69, 9.17) is 8.83 Å². The van der Waals surface area contributed by atoms with Crippen LogP contribution in [0.2, 0.25) is 0 Å². The predicted octanol–water partition coefficient (Wildman–Crippen LogP) is 3.03. The number of aromatic nitrogens is 2. The van der Waals surface area contributed by atoms with Crippen molar-refractivity contribution in [3.05, 3.63) is 46.9 Å². The molecule has 0 aliphatic carbocycles. The van der Waals surface area contributed by atoms with Crippen molar-refractivity contribution in [3.63, 3.8) is 0 Å².